The minimum absolute atomic E-state index is 0.337. The highest BCUT2D eigenvalue weighted by molar-refractivity contribution is 5.29. The highest BCUT2D eigenvalue weighted by Gasteiger charge is 2.55. The number of nitrogens with zero attached hydrogens (tertiary/aromatic N) is 1. The smallest absolute Gasteiger partial charge is 0.118 e. The van der Waals surface area contributed by atoms with Crippen molar-refractivity contribution < 1.29 is 5.11 Å². The van der Waals surface area contributed by atoms with Crippen molar-refractivity contribution in [2.75, 3.05) is 13.1 Å². The largest absolute Gasteiger partial charge is 0.382 e. The quantitative estimate of drug-likeness (QED) is 0.777. The van der Waals surface area contributed by atoms with Crippen LogP contribution in [0.4, 0.5) is 0 Å². The van der Waals surface area contributed by atoms with Gasteiger partial charge in [-0.3, -0.25) is 4.90 Å². The van der Waals surface area contributed by atoms with E-state index in [4.69, 9.17) is 0 Å². The van der Waals surface area contributed by atoms with Crippen molar-refractivity contribution in [2.45, 2.75) is 31.4 Å². The van der Waals surface area contributed by atoms with Crippen LogP contribution in [0.2, 0.25) is 0 Å². The zero-order valence-corrected chi connectivity index (χ0v) is 9.76. The Balaban J connectivity index is 1.90. The van der Waals surface area contributed by atoms with Gasteiger partial charge >= 0.3 is 0 Å². The first-order valence-electron chi connectivity index (χ1n) is 6.24. The van der Waals surface area contributed by atoms with Crippen molar-refractivity contribution in [3.8, 4) is 0 Å². The Morgan fingerprint density at radius 1 is 1.31 bits per heavy atom. The van der Waals surface area contributed by atoms with Crippen LogP contribution in [-0.2, 0) is 5.60 Å². The topological polar surface area (TPSA) is 23.5 Å². The summed E-state index contributed by atoms with van der Waals surface area (Å²) >= 11 is 0. The lowest BCUT2D eigenvalue weighted by Crippen LogP contribution is -2.71. The fraction of sp³-hybridized carbons (Fsp3) is 0.571. The molecule has 2 fully saturated rings. The first-order valence-corrected chi connectivity index (χ1v) is 6.24. The molecular weight excluding hydrogens is 198 g/mol. The summed E-state index contributed by atoms with van der Waals surface area (Å²) in [6.07, 6.45) is 2.53. The van der Waals surface area contributed by atoms with E-state index in [0.717, 1.165) is 18.7 Å². The summed E-state index contributed by atoms with van der Waals surface area (Å²) in [6.45, 7) is 4.24. The zero-order valence-electron chi connectivity index (χ0n) is 9.76. The molecule has 3 atom stereocenters. The highest BCUT2D eigenvalue weighted by atomic mass is 16.3. The lowest BCUT2D eigenvalue weighted by molar-refractivity contribution is -0.190. The molecule has 0 aliphatic carbocycles. The molecule has 2 heterocycles. The molecule has 86 valence electrons. The van der Waals surface area contributed by atoms with Gasteiger partial charge in [0.15, 0.2) is 0 Å². The molecule has 1 aromatic carbocycles. The van der Waals surface area contributed by atoms with Crippen molar-refractivity contribution in [2.24, 2.45) is 5.92 Å². The van der Waals surface area contributed by atoms with Crippen LogP contribution in [0.3, 0.4) is 0 Å². The highest BCUT2D eigenvalue weighted by Crippen LogP contribution is 2.45. The second-order valence-corrected chi connectivity index (χ2v) is 5.33. The van der Waals surface area contributed by atoms with E-state index in [0.29, 0.717) is 12.0 Å². The first kappa shape index (κ1) is 10.3. The van der Waals surface area contributed by atoms with Gasteiger partial charge in [0.25, 0.3) is 0 Å². The molecule has 2 nitrogen and oxygen atoms in total. The summed E-state index contributed by atoms with van der Waals surface area (Å²) in [5.41, 5.74) is 0.492. The van der Waals surface area contributed by atoms with E-state index in [1.165, 1.54) is 12.8 Å². The third kappa shape index (κ3) is 1.33. The van der Waals surface area contributed by atoms with Crippen LogP contribution in [0.5, 0.6) is 0 Å². The van der Waals surface area contributed by atoms with E-state index < -0.39 is 5.60 Å². The third-order valence-electron chi connectivity index (χ3n) is 4.24. The predicted molar refractivity (Wildman–Crippen MR) is 64.1 cm³/mol. The maximum atomic E-state index is 10.8. The Hall–Kier alpha value is -0.860. The fourth-order valence-corrected chi connectivity index (χ4v) is 3.50. The minimum Gasteiger partial charge on any atom is -0.382 e. The van der Waals surface area contributed by atoms with Gasteiger partial charge in [-0.05, 0) is 30.9 Å². The summed E-state index contributed by atoms with van der Waals surface area (Å²) in [6, 6.07) is 10.5. The van der Waals surface area contributed by atoms with Crippen molar-refractivity contribution in [1.29, 1.82) is 0 Å². The van der Waals surface area contributed by atoms with Gasteiger partial charge in [-0.2, -0.15) is 0 Å². The zero-order chi connectivity index (χ0) is 11.2. The van der Waals surface area contributed by atoms with E-state index in [2.05, 4.69) is 24.0 Å². The van der Waals surface area contributed by atoms with Crippen molar-refractivity contribution >= 4 is 0 Å². The maximum Gasteiger partial charge on any atom is 0.118 e. The monoisotopic (exact) mass is 217 g/mol. The van der Waals surface area contributed by atoms with Gasteiger partial charge in [0.2, 0.25) is 0 Å². The molecule has 0 saturated carbocycles. The van der Waals surface area contributed by atoms with Gasteiger partial charge < -0.3 is 5.11 Å². The summed E-state index contributed by atoms with van der Waals surface area (Å²) in [5, 5.41) is 10.8. The van der Waals surface area contributed by atoms with Gasteiger partial charge in [0, 0.05) is 12.6 Å². The third-order valence-corrected chi connectivity index (χ3v) is 4.24. The van der Waals surface area contributed by atoms with E-state index in [1.54, 1.807) is 0 Å². The molecule has 2 aliphatic heterocycles. The van der Waals surface area contributed by atoms with E-state index in [1.807, 2.05) is 18.2 Å². The van der Waals surface area contributed by atoms with Gasteiger partial charge in [-0.1, -0.05) is 37.3 Å². The normalized spacial score (nSPS) is 38.9. The van der Waals surface area contributed by atoms with Crippen molar-refractivity contribution in [1.82, 2.24) is 4.90 Å². The summed E-state index contributed by atoms with van der Waals surface area (Å²) < 4.78 is 0. The average Bonchev–Trinajstić information content (AvgIpc) is 2.28. The number of fused-ring (bicyclic) bond motifs is 1. The standard InChI is InChI=1S/C14H19NO/c1-11-6-5-9-15-10-14(16,13(11)15)12-7-3-2-4-8-12/h2-4,7-8,11,13,16H,5-6,9-10H2,1H3/t11-,13+,14-/m0/s1. The van der Waals surface area contributed by atoms with Crippen molar-refractivity contribution in [3.63, 3.8) is 0 Å². The van der Waals surface area contributed by atoms with Crippen LogP contribution in [0.25, 0.3) is 0 Å². The number of hydrogen-bond donors (Lipinski definition) is 1. The van der Waals surface area contributed by atoms with E-state index >= 15 is 0 Å². The molecule has 0 unspecified atom stereocenters. The number of piperidine rings is 1. The molecule has 1 N–H and O–H groups in total. The lowest BCUT2D eigenvalue weighted by Gasteiger charge is -2.59. The Labute approximate surface area is 96.9 Å². The molecule has 2 saturated heterocycles. The van der Waals surface area contributed by atoms with Crippen LogP contribution in [-0.4, -0.2) is 29.1 Å². The van der Waals surface area contributed by atoms with Crippen LogP contribution < -0.4 is 0 Å². The number of hydrogen-bond acceptors (Lipinski definition) is 2. The summed E-state index contributed by atoms with van der Waals surface area (Å²) in [5.74, 6) is 0.604. The minimum atomic E-state index is -0.596. The lowest BCUT2D eigenvalue weighted by atomic mass is 9.69. The second-order valence-electron chi connectivity index (χ2n) is 5.33. The van der Waals surface area contributed by atoms with Crippen LogP contribution in [0, 0.1) is 5.92 Å². The molecular formula is C14H19NO. The van der Waals surface area contributed by atoms with Crippen LogP contribution in [0.1, 0.15) is 25.3 Å². The Bertz CT molecular complexity index is 372. The molecule has 1 aromatic rings. The number of aliphatic hydroxyl groups is 1. The fourth-order valence-electron chi connectivity index (χ4n) is 3.50. The van der Waals surface area contributed by atoms with E-state index in [9.17, 15) is 5.11 Å². The predicted octanol–water partition coefficient (Wildman–Crippen LogP) is 1.99. The van der Waals surface area contributed by atoms with Crippen LogP contribution >= 0.6 is 0 Å². The van der Waals surface area contributed by atoms with Gasteiger partial charge in [-0.25, -0.2) is 0 Å². The van der Waals surface area contributed by atoms with Gasteiger partial charge in [0.1, 0.15) is 5.60 Å². The number of benzene rings is 1. The summed E-state index contributed by atoms with van der Waals surface area (Å²) in [7, 11) is 0. The molecule has 0 aromatic heterocycles. The van der Waals surface area contributed by atoms with Crippen LogP contribution in [0.15, 0.2) is 30.3 Å². The molecule has 0 spiro atoms. The molecule has 0 amide bonds. The van der Waals surface area contributed by atoms with Crippen molar-refractivity contribution in [3.05, 3.63) is 35.9 Å². The molecule has 3 rings (SSSR count). The van der Waals surface area contributed by atoms with E-state index in [-0.39, 0.29) is 0 Å². The number of rotatable bonds is 1. The Kier molecular flexibility index (Phi) is 2.30. The molecule has 2 aliphatic rings. The Morgan fingerprint density at radius 2 is 2.06 bits per heavy atom. The summed E-state index contributed by atoms with van der Waals surface area (Å²) in [4.78, 5) is 2.43. The second kappa shape index (κ2) is 3.57. The molecule has 0 radical (unpaired) electrons. The molecule has 0 bridgehead atoms. The first-order chi connectivity index (χ1) is 7.72. The maximum absolute atomic E-state index is 10.8. The SMILES string of the molecule is C[C@H]1CCCN2C[C@](O)(c3ccccc3)[C@@H]12. The van der Waals surface area contributed by atoms with Gasteiger partial charge in [-0.15, -0.1) is 0 Å². The average molecular weight is 217 g/mol. The van der Waals surface area contributed by atoms with Gasteiger partial charge in [0.05, 0.1) is 0 Å². The molecule has 16 heavy (non-hydrogen) atoms. The Morgan fingerprint density at radius 3 is 2.75 bits per heavy atom. The molecule has 2 heteroatoms.